The first-order chi connectivity index (χ1) is 9.32. The van der Waals surface area contributed by atoms with Crippen LogP contribution in [0.25, 0.3) is 11.3 Å². The Bertz CT molecular complexity index is 685. The summed E-state index contributed by atoms with van der Waals surface area (Å²) in [5.74, 6) is -1.64. The molecule has 0 fully saturated rings. The Hall–Kier alpha value is -2.02. The average Bonchev–Trinajstić information content (AvgIpc) is 2.67. The van der Waals surface area contributed by atoms with E-state index >= 15 is 0 Å². The zero-order valence-corrected chi connectivity index (χ0v) is 11.0. The van der Waals surface area contributed by atoms with Crippen LogP contribution in [0.2, 0.25) is 5.02 Å². The molecular formula is C12H9ClF3N3O. The van der Waals surface area contributed by atoms with E-state index in [4.69, 9.17) is 17.3 Å². The fourth-order valence-corrected chi connectivity index (χ4v) is 2.19. The van der Waals surface area contributed by atoms with Crippen molar-refractivity contribution in [3.8, 4) is 11.3 Å². The first kappa shape index (κ1) is 14.4. The Labute approximate surface area is 116 Å². The van der Waals surface area contributed by atoms with Crippen LogP contribution in [0.3, 0.4) is 0 Å². The minimum absolute atomic E-state index is 0.0257. The normalized spacial score (nSPS) is 11.1. The maximum atomic E-state index is 13.0. The molecule has 0 bridgehead atoms. The van der Waals surface area contributed by atoms with Gasteiger partial charge in [0, 0.05) is 12.6 Å². The Morgan fingerprint density at radius 3 is 2.60 bits per heavy atom. The van der Waals surface area contributed by atoms with Gasteiger partial charge in [-0.2, -0.15) is 5.10 Å². The van der Waals surface area contributed by atoms with Crippen LogP contribution in [0.1, 0.15) is 22.5 Å². The Morgan fingerprint density at radius 2 is 2.10 bits per heavy atom. The SMILES string of the molecule is Cn1nc(C(F)F)c(C(N)=O)c1-c1ccc(F)cc1Cl. The largest absolute Gasteiger partial charge is 0.365 e. The minimum atomic E-state index is -2.96. The lowest BCUT2D eigenvalue weighted by Crippen LogP contribution is -2.14. The van der Waals surface area contributed by atoms with Crippen molar-refractivity contribution >= 4 is 17.5 Å². The van der Waals surface area contributed by atoms with Gasteiger partial charge >= 0.3 is 0 Å². The Morgan fingerprint density at radius 1 is 1.45 bits per heavy atom. The summed E-state index contributed by atoms with van der Waals surface area (Å²) >= 11 is 5.88. The number of benzene rings is 1. The second-order valence-corrected chi connectivity index (χ2v) is 4.43. The highest BCUT2D eigenvalue weighted by atomic mass is 35.5. The van der Waals surface area contributed by atoms with E-state index in [0.29, 0.717) is 0 Å². The zero-order chi connectivity index (χ0) is 15.0. The highest BCUT2D eigenvalue weighted by Gasteiger charge is 2.28. The number of carbonyl (C=O) groups is 1. The smallest absolute Gasteiger partial charge is 0.282 e. The number of nitrogens with two attached hydrogens (primary N) is 1. The van der Waals surface area contributed by atoms with Crippen LogP contribution in [0.4, 0.5) is 13.2 Å². The number of amides is 1. The summed E-state index contributed by atoms with van der Waals surface area (Å²) in [6.45, 7) is 0. The van der Waals surface area contributed by atoms with Crippen molar-refractivity contribution in [1.29, 1.82) is 0 Å². The number of aryl methyl sites for hydroxylation is 1. The van der Waals surface area contributed by atoms with Crippen LogP contribution in [-0.2, 0) is 7.05 Å². The fourth-order valence-electron chi connectivity index (χ4n) is 1.93. The Kier molecular flexibility index (Phi) is 3.71. The van der Waals surface area contributed by atoms with E-state index in [-0.39, 0.29) is 16.3 Å². The predicted molar refractivity (Wildman–Crippen MR) is 67.1 cm³/mol. The summed E-state index contributed by atoms with van der Waals surface area (Å²) in [5, 5.41) is 3.55. The van der Waals surface area contributed by atoms with Crippen molar-refractivity contribution < 1.29 is 18.0 Å². The van der Waals surface area contributed by atoms with Crippen LogP contribution >= 0.6 is 11.6 Å². The minimum Gasteiger partial charge on any atom is -0.365 e. The van der Waals surface area contributed by atoms with Crippen LogP contribution in [0.15, 0.2) is 18.2 Å². The van der Waals surface area contributed by atoms with E-state index in [1.807, 2.05) is 0 Å². The molecule has 1 aromatic carbocycles. The molecule has 0 saturated heterocycles. The number of hydrogen-bond acceptors (Lipinski definition) is 2. The second kappa shape index (κ2) is 5.16. The first-order valence-corrected chi connectivity index (χ1v) is 5.81. The average molecular weight is 304 g/mol. The quantitative estimate of drug-likeness (QED) is 0.947. The molecule has 8 heteroatoms. The lowest BCUT2D eigenvalue weighted by atomic mass is 10.0. The van der Waals surface area contributed by atoms with E-state index < -0.39 is 29.4 Å². The van der Waals surface area contributed by atoms with Gasteiger partial charge in [0.1, 0.15) is 11.5 Å². The predicted octanol–water partition coefficient (Wildman–Crippen LogP) is 2.92. The first-order valence-electron chi connectivity index (χ1n) is 5.43. The topological polar surface area (TPSA) is 60.9 Å². The van der Waals surface area contributed by atoms with E-state index in [9.17, 15) is 18.0 Å². The zero-order valence-electron chi connectivity index (χ0n) is 10.2. The molecule has 0 saturated carbocycles. The molecular weight excluding hydrogens is 295 g/mol. The van der Waals surface area contributed by atoms with E-state index in [1.165, 1.54) is 13.1 Å². The molecule has 0 unspecified atom stereocenters. The number of rotatable bonds is 3. The lowest BCUT2D eigenvalue weighted by molar-refractivity contribution is 0.0985. The van der Waals surface area contributed by atoms with Gasteiger partial charge in [-0.05, 0) is 18.2 Å². The number of hydrogen-bond donors (Lipinski definition) is 1. The summed E-state index contributed by atoms with van der Waals surface area (Å²) in [4.78, 5) is 11.4. The molecule has 2 aromatic rings. The molecule has 1 aromatic heterocycles. The number of aromatic nitrogens is 2. The molecule has 0 aliphatic rings. The van der Waals surface area contributed by atoms with E-state index in [2.05, 4.69) is 5.10 Å². The van der Waals surface area contributed by atoms with Gasteiger partial charge in [-0.25, -0.2) is 13.2 Å². The van der Waals surface area contributed by atoms with Crippen molar-refractivity contribution in [2.24, 2.45) is 12.8 Å². The van der Waals surface area contributed by atoms with Crippen molar-refractivity contribution in [3.63, 3.8) is 0 Å². The molecule has 0 aliphatic heterocycles. The molecule has 1 heterocycles. The van der Waals surface area contributed by atoms with Gasteiger partial charge in [0.05, 0.1) is 16.3 Å². The van der Waals surface area contributed by atoms with Crippen molar-refractivity contribution in [1.82, 2.24) is 9.78 Å². The number of nitrogens with zero attached hydrogens (tertiary/aromatic N) is 2. The summed E-state index contributed by atoms with van der Waals surface area (Å²) in [7, 11) is 1.37. The lowest BCUT2D eigenvalue weighted by Gasteiger charge is -2.07. The summed E-state index contributed by atoms with van der Waals surface area (Å²) in [6, 6.07) is 3.38. The number of halogens is 4. The van der Waals surface area contributed by atoms with Crippen molar-refractivity contribution in [2.45, 2.75) is 6.43 Å². The van der Waals surface area contributed by atoms with E-state index in [0.717, 1.165) is 16.8 Å². The van der Waals surface area contributed by atoms with Crippen LogP contribution in [-0.4, -0.2) is 15.7 Å². The van der Waals surface area contributed by atoms with Gasteiger partial charge in [-0.1, -0.05) is 11.6 Å². The van der Waals surface area contributed by atoms with Crippen LogP contribution < -0.4 is 5.73 Å². The highest BCUT2D eigenvalue weighted by Crippen LogP contribution is 2.34. The van der Waals surface area contributed by atoms with Crippen LogP contribution in [0, 0.1) is 5.82 Å². The molecule has 20 heavy (non-hydrogen) atoms. The molecule has 106 valence electrons. The van der Waals surface area contributed by atoms with Gasteiger partial charge in [-0.3, -0.25) is 9.48 Å². The second-order valence-electron chi connectivity index (χ2n) is 4.02. The third kappa shape index (κ3) is 2.36. The molecule has 0 radical (unpaired) electrons. The fraction of sp³-hybridized carbons (Fsp3) is 0.167. The molecule has 1 amide bonds. The standard InChI is InChI=1S/C12H9ClF3N3O/c1-19-10(6-3-2-5(14)4-7(6)13)8(12(17)20)9(18-19)11(15)16/h2-4,11H,1H3,(H2,17,20). The van der Waals surface area contributed by atoms with Crippen molar-refractivity contribution in [2.75, 3.05) is 0 Å². The van der Waals surface area contributed by atoms with Gasteiger partial charge in [-0.15, -0.1) is 0 Å². The molecule has 2 N–H and O–H groups in total. The van der Waals surface area contributed by atoms with Gasteiger partial charge in [0.2, 0.25) is 0 Å². The molecule has 4 nitrogen and oxygen atoms in total. The molecule has 2 rings (SSSR count). The van der Waals surface area contributed by atoms with Crippen LogP contribution in [0.5, 0.6) is 0 Å². The molecule has 0 atom stereocenters. The molecule has 0 aliphatic carbocycles. The highest BCUT2D eigenvalue weighted by molar-refractivity contribution is 6.33. The third-order valence-corrected chi connectivity index (χ3v) is 3.03. The summed E-state index contributed by atoms with van der Waals surface area (Å²) in [6.07, 6.45) is -2.96. The maximum Gasteiger partial charge on any atom is 0.282 e. The van der Waals surface area contributed by atoms with Crippen molar-refractivity contribution in [3.05, 3.63) is 40.3 Å². The van der Waals surface area contributed by atoms with Gasteiger partial charge in [0.25, 0.3) is 12.3 Å². The van der Waals surface area contributed by atoms with E-state index in [1.54, 1.807) is 0 Å². The number of alkyl halides is 2. The summed E-state index contributed by atoms with van der Waals surface area (Å²) in [5.41, 5.74) is 4.22. The number of carbonyl (C=O) groups excluding carboxylic acids is 1. The third-order valence-electron chi connectivity index (χ3n) is 2.71. The maximum absolute atomic E-state index is 13.0. The number of primary amides is 1. The van der Waals surface area contributed by atoms with Gasteiger partial charge < -0.3 is 5.73 Å². The monoisotopic (exact) mass is 303 g/mol. The Balaban J connectivity index is 2.76. The van der Waals surface area contributed by atoms with Gasteiger partial charge in [0.15, 0.2) is 0 Å². The summed E-state index contributed by atoms with van der Waals surface area (Å²) < 4.78 is 39.9. The molecule has 0 spiro atoms.